The van der Waals surface area contributed by atoms with Gasteiger partial charge in [0.15, 0.2) is 0 Å². The van der Waals surface area contributed by atoms with Gasteiger partial charge < -0.3 is 20.5 Å². The summed E-state index contributed by atoms with van der Waals surface area (Å²) in [6.07, 6.45) is 3.77. The van der Waals surface area contributed by atoms with Crippen LogP contribution in [0.25, 0.3) is 0 Å². The molecule has 128 valence electrons. The molecule has 3 N–H and O–H groups in total. The Morgan fingerprint density at radius 2 is 2.13 bits per heavy atom. The predicted molar refractivity (Wildman–Crippen MR) is 91.4 cm³/mol. The van der Waals surface area contributed by atoms with Crippen LogP contribution in [0.4, 0.5) is 0 Å². The number of halogens is 1. The summed E-state index contributed by atoms with van der Waals surface area (Å²) < 4.78 is 6.09. The monoisotopic (exact) mass is 340 g/mol. The molecule has 1 amide bonds. The summed E-state index contributed by atoms with van der Waals surface area (Å²) in [4.78, 5) is 12.5. The third-order valence-corrected chi connectivity index (χ3v) is 4.89. The van der Waals surface area contributed by atoms with Gasteiger partial charge in [-0.1, -0.05) is 6.07 Å². The van der Waals surface area contributed by atoms with Crippen molar-refractivity contribution < 1.29 is 14.6 Å². The average Bonchev–Trinajstić information content (AvgIpc) is 2.53. The fourth-order valence-electron chi connectivity index (χ4n) is 3.47. The van der Waals surface area contributed by atoms with Gasteiger partial charge in [-0.2, -0.15) is 0 Å². The van der Waals surface area contributed by atoms with Crippen molar-refractivity contribution in [2.24, 2.45) is 0 Å². The summed E-state index contributed by atoms with van der Waals surface area (Å²) in [5.41, 5.74) is 1.04. The molecule has 1 atom stereocenters. The van der Waals surface area contributed by atoms with Crippen molar-refractivity contribution in [1.82, 2.24) is 10.6 Å². The fourth-order valence-corrected chi connectivity index (χ4v) is 3.47. The molecule has 2 heterocycles. The van der Waals surface area contributed by atoms with Crippen molar-refractivity contribution in [1.29, 1.82) is 0 Å². The van der Waals surface area contributed by atoms with Crippen LogP contribution in [0.2, 0.25) is 0 Å². The molecule has 1 aromatic carbocycles. The Morgan fingerprint density at radius 1 is 1.39 bits per heavy atom. The molecular weight excluding hydrogens is 316 g/mol. The van der Waals surface area contributed by atoms with Gasteiger partial charge in [0.25, 0.3) is 5.91 Å². The number of nitrogens with one attached hydrogen (secondary N) is 2. The van der Waals surface area contributed by atoms with Crippen LogP contribution in [-0.4, -0.2) is 42.4 Å². The van der Waals surface area contributed by atoms with Gasteiger partial charge in [0.1, 0.15) is 5.75 Å². The predicted octanol–water partition coefficient (Wildman–Crippen LogP) is 2.15. The van der Waals surface area contributed by atoms with Gasteiger partial charge in [-0.25, -0.2) is 0 Å². The first kappa shape index (κ1) is 18.0. The number of amides is 1. The summed E-state index contributed by atoms with van der Waals surface area (Å²) in [7, 11) is 0. The molecule has 1 unspecified atom stereocenters. The highest BCUT2D eigenvalue weighted by Gasteiger charge is 2.43. The number of phenols is 1. The molecule has 0 aliphatic carbocycles. The van der Waals surface area contributed by atoms with Crippen molar-refractivity contribution in [3.05, 3.63) is 29.3 Å². The Labute approximate surface area is 143 Å². The number of hydrogen-bond acceptors (Lipinski definition) is 4. The summed E-state index contributed by atoms with van der Waals surface area (Å²) in [5, 5.41) is 16.3. The van der Waals surface area contributed by atoms with Gasteiger partial charge >= 0.3 is 0 Å². The molecule has 2 aliphatic heterocycles. The second-order valence-corrected chi connectivity index (χ2v) is 6.33. The minimum absolute atomic E-state index is 0. The molecule has 0 aromatic heterocycles. The van der Waals surface area contributed by atoms with Gasteiger partial charge in [-0.15, -0.1) is 12.4 Å². The first-order valence-electron chi connectivity index (χ1n) is 8.06. The highest BCUT2D eigenvalue weighted by molar-refractivity contribution is 5.95. The Morgan fingerprint density at radius 3 is 2.83 bits per heavy atom. The summed E-state index contributed by atoms with van der Waals surface area (Å²) in [6.45, 7) is 4.45. The smallest absolute Gasteiger partial charge is 0.251 e. The Balaban J connectivity index is 0.00000192. The molecule has 2 fully saturated rings. The molecule has 1 spiro atoms. The van der Waals surface area contributed by atoms with E-state index < -0.39 is 0 Å². The first-order valence-corrected chi connectivity index (χ1v) is 8.06. The van der Waals surface area contributed by atoms with E-state index in [-0.39, 0.29) is 35.7 Å². The zero-order valence-electron chi connectivity index (χ0n) is 13.4. The van der Waals surface area contributed by atoms with Crippen LogP contribution in [0.5, 0.6) is 5.75 Å². The molecule has 2 saturated heterocycles. The summed E-state index contributed by atoms with van der Waals surface area (Å²) >= 11 is 0. The lowest BCUT2D eigenvalue weighted by atomic mass is 9.80. The molecule has 2 aliphatic rings. The van der Waals surface area contributed by atoms with E-state index in [0.717, 1.165) is 50.9 Å². The lowest BCUT2D eigenvalue weighted by Crippen LogP contribution is -2.60. The van der Waals surface area contributed by atoms with E-state index in [1.807, 2.05) is 6.92 Å². The third-order valence-electron chi connectivity index (χ3n) is 4.89. The second-order valence-electron chi connectivity index (χ2n) is 6.33. The molecule has 6 heteroatoms. The summed E-state index contributed by atoms with van der Waals surface area (Å²) in [5.74, 6) is 0.0211. The minimum Gasteiger partial charge on any atom is -0.508 e. The number of hydrogen-bond donors (Lipinski definition) is 3. The first-order chi connectivity index (χ1) is 10.6. The lowest BCUT2D eigenvalue weighted by Gasteiger charge is -2.46. The van der Waals surface area contributed by atoms with Crippen molar-refractivity contribution in [2.75, 3.05) is 19.7 Å². The van der Waals surface area contributed by atoms with Crippen LogP contribution >= 0.6 is 12.4 Å². The van der Waals surface area contributed by atoms with Gasteiger partial charge in [0, 0.05) is 12.2 Å². The number of phenolic OH excluding ortho intramolecular Hbond substituents is 1. The van der Waals surface area contributed by atoms with Crippen LogP contribution in [0, 0.1) is 6.92 Å². The van der Waals surface area contributed by atoms with Crippen LogP contribution in [-0.2, 0) is 4.74 Å². The maximum Gasteiger partial charge on any atom is 0.251 e. The van der Waals surface area contributed by atoms with Crippen molar-refractivity contribution in [3.8, 4) is 5.75 Å². The van der Waals surface area contributed by atoms with Crippen molar-refractivity contribution in [2.45, 2.75) is 44.2 Å². The van der Waals surface area contributed by atoms with Crippen LogP contribution < -0.4 is 10.6 Å². The molecule has 1 aromatic rings. The van der Waals surface area contributed by atoms with Crippen molar-refractivity contribution >= 4 is 18.3 Å². The van der Waals surface area contributed by atoms with Gasteiger partial charge in [0.2, 0.25) is 0 Å². The Bertz CT molecular complexity index is 551. The number of rotatable bonds is 2. The van der Waals surface area contributed by atoms with E-state index in [0.29, 0.717) is 5.56 Å². The highest BCUT2D eigenvalue weighted by atomic mass is 35.5. The average molecular weight is 341 g/mol. The molecule has 5 nitrogen and oxygen atoms in total. The maximum atomic E-state index is 12.5. The molecule has 3 rings (SSSR count). The molecule has 23 heavy (non-hydrogen) atoms. The normalized spacial score (nSPS) is 23.1. The van der Waals surface area contributed by atoms with E-state index in [9.17, 15) is 9.90 Å². The second kappa shape index (κ2) is 7.51. The van der Waals surface area contributed by atoms with E-state index in [4.69, 9.17) is 4.74 Å². The maximum absolute atomic E-state index is 12.5. The van der Waals surface area contributed by atoms with Crippen LogP contribution in [0.15, 0.2) is 18.2 Å². The molecule has 0 bridgehead atoms. The zero-order chi connectivity index (χ0) is 15.6. The van der Waals surface area contributed by atoms with Gasteiger partial charge in [-0.05, 0) is 63.4 Å². The zero-order valence-corrected chi connectivity index (χ0v) is 14.2. The summed E-state index contributed by atoms with van der Waals surface area (Å²) in [6, 6.07) is 5.09. The van der Waals surface area contributed by atoms with Gasteiger partial charge in [0.05, 0.1) is 11.6 Å². The van der Waals surface area contributed by atoms with E-state index >= 15 is 0 Å². The molecule has 0 radical (unpaired) electrons. The number of carbonyl (C=O) groups excluding carboxylic acids is 1. The Kier molecular flexibility index (Phi) is 5.89. The molecule has 0 saturated carbocycles. The highest BCUT2D eigenvalue weighted by Crippen LogP contribution is 2.33. The van der Waals surface area contributed by atoms with Crippen molar-refractivity contribution in [3.63, 3.8) is 0 Å². The van der Waals surface area contributed by atoms with Gasteiger partial charge in [-0.3, -0.25) is 4.79 Å². The van der Waals surface area contributed by atoms with E-state index in [1.165, 1.54) is 6.07 Å². The number of aromatic hydroxyl groups is 1. The standard InChI is InChI=1S/C17H24N2O3.ClH/c1-12-4-5-13(11-14(12)20)16(21)19-15-3-2-10-22-17(15)6-8-18-9-7-17;/h4-5,11,15,18,20H,2-3,6-10H2,1H3,(H,19,21);1H. The fraction of sp³-hybridized carbons (Fsp3) is 0.588. The third kappa shape index (κ3) is 3.79. The quantitative estimate of drug-likeness (QED) is 0.771. The number of aryl methyl sites for hydroxylation is 1. The number of carbonyl (C=O) groups is 1. The topological polar surface area (TPSA) is 70.6 Å². The largest absolute Gasteiger partial charge is 0.508 e. The van der Waals surface area contributed by atoms with Crippen LogP contribution in [0.1, 0.15) is 41.6 Å². The molecular formula is C17H25ClN2O3. The number of piperidine rings is 1. The SMILES string of the molecule is Cc1ccc(C(=O)NC2CCCOC23CCNCC3)cc1O.Cl. The van der Waals surface area contributed by atoms with E-state index in [2.05, 4.69) is 10.6 Å². The minimum atomic E-state index is -0.230. The van der Waals surface area contributed by atoms with Crippen LogP contribution in [0.3, 0.4) is 0 Å². The lowest BCUT2D eigenvalue weighted by molar-refractivity contribution is -0.114. The number of ether oxygens (including phenoxy) is 1. The number of benzene rings is 1. The Hall–Kier alpha value is -1.30. The van der Waals surface area contributed by atoms with E-state index in [1.54, 1.807) is 12.1 Å².